The van der Waals surface area contributed by atoms with Crippen LogP contribution in [-0.2, 0) is 9.53 Å². The van der Waals surface area contributed by atoms with Crippen LogP contribution in [0.3, 0.4) is 0 Å². The molecule has 0 aromatic carbocycles. The molecule has 22 heavy (non-hydrogen) atoms. The number of alkyl carbamates (subject to hydrolysis) is 1. The van der Waals surface area contributed by atoms with E-state index in [0.29, 0.717) is 5.92 Å². The fraction of sp³-hybridized carbons (Fsp3) is 0.625. The summed E-state index contributed by atoms with van der Waals surface area (Å²) >= 11 is 1.63. The normalized spacial score (nSPS) is 12.8. The maximum atomic E-state index is 12.0. The highest BCUT2D eigenvalue weighted by Gasteiger charge is 2.19. The zero-order valence-electron chi connectivity index (χ0n) is 13.9. The van der Waals surface area contributed by atoms with E-state index in [0.717, 1.165) is 4.88 Å². The second kappa shape index (κ2) is 8.17. The van der Waals surface area contributed by atoms with Gasteiger partial charge in [-0.05, 0) is 38.1 Å². The van der Waals surface area contributed by atoms with Crippen LogP contribution in [0.4, 0.5) is 4.79 Å². The Labute approximate surface area is 136 Å². The number of ether oxygens (including phenoxy) is 1. The molecule has 1 heterocycles. The van der Waals surface area contributed by atoms with E-state index in [1.807, 2.05) is 17.5 Å². The minimum absolute atomic E-state index is 0.00836. The molecular formula is C16H26N2O3S. The first kappa shape index (κ1) is 18.5. The van der Waals surface area contributed by atoms with Crippen LogP contribution in [0.5, 0.6) is 0 Å². The van der Waals surface area contributed by atoms with E-state index >= 15 is 0 Å². The van der Waals surface area contributed by atoms with Gasteiger partial charge in [0.1, 0.15) is 5.60 Å². The van der Waals surface area contributed by atoms with E-state index in [4.69, 9.17) is 4.74 Å². The molecule has 2 amide bonds. The molecule has 1 unspecified atom stereocenters. The van der Waals surface area contributed by atoms with Gasteiger partial charge in [0.05, 0.1) is 6.04 Å². The zero-order chi connectivity index (χ0) is 16.8. The lowest BCUT2D eigenvalue weighted by Crippen LogP contribution is -2.36. The lowest BCUT2D eigenvalue weighted by molar-refractivity contribution is -0.122. The summed E-state index contributed by atoms with van der Waals surface area (Å²) < 4.78 is 5.12. The third-order valence-corrected chi connectivity index (χ3v) is 3.81. The molecule has 0 aliphatic rings. The van der Waals surface area contributed by atoms with Crippen LogP contribution in [0.15, 0.2) is 17.5 Å². The highest BCUT2D eigenvalue weighted by Crippen LogP contribution is 2.25. The SMILES string of the molecule is CC(C)C(NC(=O)CCNC(=O)OC(C)(C)C)c1cccs1. The maximum Gasteiger partial charge on any atom is 0.407 e. The molecule has 0 saturated carbocycles. The predicted octanol–water partition coefficient (Wildman–Crippen LogP) is 3.48. The van der Waals surface area contributed by atoms with Crippen molar-refractivity contribution in [2.75, 3.05) is 6.54 Å². The van der Waals surface area contributed by atoms with Gasteiger partial charge in [-0.1, -0.05) is 19.9 Å². The Kier molecular flexibility index (Phi) is 6.87. The molecule has 1 rings (SSSR count). The quantitative estimate of drug-likeness (QED) is 0.841. The number of nitrogens with one attached hydrogen (secondary N) is 2. The maximum absolute atomic E-state index is 12.0. The van der Waals surface area contributed by atoms with Crippen LogP contribution in [0.2, 0.25) is 0 Å². The van der Waals surface area contributed by atoms with Gasteiger partial charge in [-0.3, -0.25) is 4.79 Å². The largest absolute Gasteiger partial charge is 0.444 e. The number of carbonyl (C=O) groups is 2. The first-order valence-electron chi connectivity index (χ1n) is 7.48. The summed E-state index contributed by atoms with van der Waals surface area (Å²) in [5, 5.41) is 7.61. The van der Waals surface area contributed by atoms with E-state index < -0.39 is 11.7 Å². The van der Waals surface area contributed by atoms with Gasteiger partial charge in [0.15, 0.2) is 0 Å². The minimum Gasteiger partial charge on any atom is -0.444 e. The lowest BCUT2D eigenvalue weighted by atomic mass is 10.0. The summed E-state index contributed by atoms with van der Waals surface area (Å²) in [5.41, 5.74) is -0.533. The topological polar surface area (TPSA) is 67.4 Å². The van der Waals surface area contributed by atoms with Gasteiger partial charge in [0, 0.05) is 17.8 Å². The third kappa shape index (κ3) is 6.93. The monoisotopic (exact) mass is 326 g/mol. The van der Waals surface area contributed by atoms with Crippen LogP contribution in [0, 0.1) is 5.92 Å². The summed E-state index contributed by atoms with van der Waals surface area (Å²) in [4.78, 5) is 24.7. The average molecular weight is 326 g/mol. The minimum atomic E-state index is -0.533. The molecule has 0 bridgehead atoms. The summed E-state index contributed by atoms with van der Waals surface area (Å²) in [6, 6.07) is 4.01. The van der Waals surface area contributed by atoms with Crippen LogP contribution in [0.1, 0.15) is 52.0 Å². The molecule has 6 heteroatoms. The molecular weight excluding hydrogens is 300 g/mol. The van der Waals surface area contributed by atoms with E-state index in [-0.39, 0.29) is 24.9 Å². The fourth-order valence-corrected chi connectivity index (χ4v) is 2.82. The number of hydrogen-bond acceptors (Lipinski definition) is 4. The van der Waals surface area contributed by atoms with Crippen molar-refractivity contribution in [1.82, 2.24) is 10.6 Å². The van der Waals surface area contributed by atoms with E-state index in [9.17, 15) is 9.59 Å². The van der Waals surface area contributed by atoms with Gasteiger partial charge in [-0.25, -0.2) is 4.79 Å². The fourth-order valence-electron chi connectivity index (χ4n) is 1.87. The Balaban J connectivity index is 2.38. The molecule has 1 atom stereocenters. The van der Waals surface area contributed by atoms with Crippen molar-refractivity contribution in [3.05, 3.63) is 22.4 Å². The number of hydrogen-bond donors (Lipinski definition) is 2. The Morgan fingerprint density at radius 1 is 1.32 bits per heavy atom. The molecule has 1 aromatic heterocycles. The van der Waals surface area contributed by atoms with Crippen molar-refractivity contribution in [1.29, 1.82) is 0 Å². The Morgan fingerprint density at radius 3 is 2.50 bits per heavy atom. The van der Waals surface area contributed by atoms with Crippen LogP contribution >= 0.6 is 11.3 Å². The zero-order valence-corrected chi connectivity index (χ0v) is 14.8. The number of thiophene rings is 1. The molecule has 0 radical (unpaired) electrons. The second-order valence-electron chi connectivity index (χ2n) is 6.48. The van der Waals surface area contributed by atoms with E-state index in [1.54, 1.807) is 32.1 Å². The first-order valence-corrected chi connectivity index (χ1v) is 8.36. The average Bonchev–Trinajstić information content (AvgIpc) is 2.86. The van der Waals surface area contributed by atoms with E-state index in [2.05, 4.69) is 24.5 Å². The number of amides is 2. The lowest BCUT2D eigenvalue weighted by Gasteiger charge is -2.22. The molecule has 0 aliphatic carbocycles. The van der Waals surface area contributed by atoms with Crippen molar-refractivity contribution >= 4 is 23.3 Å². The van der Waals surface area contributed by atoms with Gasteiger partial charge >= 0.3 is 6.09 Å². The molecule has 0 fully saturated rings. The Bertz CT molecular complexity index is 478. The summed E-state index contributed by atoms with van der Waals surface area (Å²) in [5.74, 6) is 0.226. The van der Waals surface area contributed by atoms with Crippen molar-refractivity contribution in [3.8, 4) is 0 Å². The molecule has 0 aliphatic heterocycles. The summed E-state index contributed by atoms with van der Waals surface area (Å²) in [7, 11) is 0. The van der Waals surface area contributed by atoms with E-state index in [1.165, 1.54) is 0 Å². The van der Waals surface area contributed by atoms with Gasteiger partial charge in [0.25, 0.3) is 0 Å². The van der Waals surface area contributed by atoms with Crippen LogP contribution in [-0.4, -0.2) is 24.1 Å². The van der Waals surface area contributed by atoms with Gasteiger partial charge in [0.2, 0.25) is 5.91 Å². The summed E-state index contributed by atoms with van der Waals surface area (Å²) in [6.45, 7) is 9.80. The smallest absolute Gasteiger partial charge is 0.407 e. The molecule has 0 saturated heterocycles. The van der Waals surface area contributed by atoms with Crippen LogP contribution < -0.4 is 10.6 Å². The van der Waals surface area contributed by atoms with Crippen molar-refractivity contribution in [2.45, 2.75) is 52.7 Å². The van der Waals surface area contributed by atoms with Gasteiger partial charge < -0.3 is 15.4 Å². The molecule has 2 N–H and O–H groups in total. The van der Waals surface area contributed by atoms with Crippen molar-refractivity contribution < 1.29 is 14.3 Å². The van der Waals surface area contributed by atoms with Gasteiger partial charge in [-0.15, -0.1) is 11.3 Å². The third-order valence-electron chi connectivity index (χ3n) is 2.85. The van der Waals surface area contributed by atoms with Crippen molar-refractivity contribution in [3.63, 3.8) is 0 Å². The molecule has 124 valence electrons. The first-order chi connectivity index (χ1) is 10.2. The van der Waals surface area contributed by atoms with Crippen molar-refractivity contribution in [2.24, 2.45) is 5.92 Å². The predicted molar refractivity (Wildman–Crippen MR) is 88.9 cm³/mol. The van der Waals surface area contributed by atoms with Crippen LogP contribution in [0.25, 0.3) is 0 Å². The molecule has 1 aromatic rings. The molecule has 5 nitrogen and oxygen atoms in total. The number of carbonyl (C=O) groups excluding carboxylic acids is 2. The number of rotatable bonds is 6. The Hall–Kier alpha value is -1.56. The highest BCUT2D eigenvalue weighted by molar-refractivity contribution is 7.10. The standard InChI is InChI=1S/C16H26N2O3S/c1-11(2)14(12-7-6-10-22-12)18-13(19)8-9-17-15(20)21-16(3,4)5/h6-7,10-11,14H,8-9H2,1-5H3,(H,17,20)(H,18,19). The Morgan fingerprint density at radius 2 is 2.00 bits per heavy atom. The summed E-state index contributed by atoms with van der Waals surface area (Å²) in [6.07, 6.45) is -0.271. The highest BCUT2D eigenvalue weighted by atomic mass is 32.1. The second-order valence-corrected chi connectivity index (χ2v) is 7.46. The molecule has 0 spiro atoms. The van der Waals surface area contributed by atoms with Gasteiger partial charge in [-0.2, -0.15) is 0 Å².